The quantitative estimate of drug-likeness (QED) is 0.721. The van der Waals surface area contributed by atoms with Gasteiger partial charge < -0.3 is 0 Å². The lowest BCUT2D eigenvalue weighted by Gasteiger charge is -2.28. The van der Waals surface area contributed by atoms with Crippen LogP contribution in [0, 0.1) is 0 Å². The van der Waals surface area contributed by atoms with Crippen molar-refractivity contribution in [3.8, 4) is 0 Å². The molecule has 1 aromatic carbocycles. The van der Waals surface area contributed by atoms with Crippen LogP contribution in [0.25, 0.3) is 10.9 Å². The van der Waals surface area contributed by atoms with Crippen molar-refractivity contribution >= 4 is 20.7 Å². The zero-order valence-electron chi connectivity index (χ0n) is 13.8. The van der Waals surface area contributed by atoms with Gasteiger partial charge >= 0.3 is 0 Å². The fraction of sp³-hybridized carbons (Fsp3) is 0.263. The highest BCUT2D eigenvalue weighted by Gasteiger charge is 2.21. The van der Waals surface area contributed by atoms with Crippen LogP contribution in [0.4, 0.5) is 0 Å². The first-order chi connectivity index (χ1) is 12.1. The Morgan fingerprint density at radius 1 is 1.12 bits per heavy atom. The molecule has 0 aliphatic carbocycles. The van der Waals surface area contributed by atoms with Crippen molar-refractivity contribution in [2.75, 3.05) is 18.8 Å². The minimum atomic E-state index is -3.24. The van der Waals surface area contributed by atoms with Gasteiger partial charge in [0.1, 0.15) is 0 Å². The Morgan fingerprint density at radius 3 is 2.80 bits per heavy atom. The number of hydrogen-bond donors (Lipinski definition) is 0. The van der Waals surface area contributed by atoms with E-state index < -0.39 is 9.84 Å². The first-order valence-electron chi connectivity index (χ1n) is 8.34. The fourth-order valence-corrected chi connectivity index (χ4v) is 4.53. The highest BCUT2D eigenvalue weighted by Crippen LogP contribution is 2.22. The second kappa shape index (κ2) is 6.54. The summed E-state index contributed by atoms with van der Waals surface area (Å²) < 4.78 is 24.9. The number of nitrogens with zero attached hydrogens (tertiary/aromatic N) is 3. The van der Waals surface area contributed by atoms with Crippen LogP contribution >= 0.6 is 0 Å². The number of aromatic nitrogens is 2. The number of rotatable bonds is 4. The summed E-state index contributed by atoms with van der Waals surface area (Å²) in [5.41, 5.74) is 3.25. The number of hydrogen-bond acceptors (Lipinski definition) is 5. The van der Waals surface area contributed by atoms with Crippen molar-refractivity contribution in [2.45, 2.75) is 17.9 Å². The highest BCUT2D eigenvalue weighted by atomic mass is 32.2. The van der Waals surface area contributed by atoms with E-state index in [1.165, 1.54) is 5.56 Å². The summed E-state index contributed by atoms with van der Waals surface area (Å²) >= 11 is 0. The van der Waals surface area contributed by atoms with E-state index in [9.17, 15) is 8.42 Å². The van der Waals surface area contributed by atoms with E-state index in [-0.39, 0.29) is 5.75 Å². The van der Waals surface area contributed by atoms with Crippen LogP contribution in [0.1, 0.15) is 11.3 Å². The summed E-state index contributed by atoms with van der Waals surface area (Å²) in [4.78, 5) is 11.5. The first kappa shape index (κ1) is 16.2. The van der Waals surface area contributed by atoms with Gasteiger partial charge in [-0.2, -0.15) is 0 Å². The van der Waals surface area contributed by atoms with Gasteiger partial charge in [0, 0.05) is 49.5 Å². The Bertz CT molecular complexity index is 1000. The molecule has 25 heavy (non-hydrogen) atoms. The van der Waals surface area contributed by atoms with Gasteiger partial charge in [-0.05, 0) is 29.8 Å². The summed E-state index contributed by atoms with van der Waals surface area (Å²) in [7, 11) is -3.24. The Labute approximate surface area is 147 Å². The largest absolute Gasteiger partial charge is 0.298 e. The highest BCUT2D eigenvalue weighted by molar-refractivity contribution is 7.91. The molecular weight excluding hydrogens is 334 g/mol. The van der Waals surface area contributed by atoms with Crippen molar-refractivity contribution in [2.24, 2.45) is 0 Å². The van der Waals surface area contributed by atoms with Crippen LogP contribution < -0.4 is 0 Å². The Morgan fingerprint density at radius 2 is 1.96 bits per heavy atom. The fourth-order valence-electron chi connectivity index (χ4n) is 3.22. The number of fused-ring (bicyclic) bond motifs is 2. The van der Waals surface area contributed by atoms with E-state index in [0.717, 1.165) is 36.1 Å². The molecule has 6 heteroatoms. The third kappa shape index (κ3) is 3.41. The van der Waals surface area contributed by atoms with Gasteiger partial charge in [-0.1, -0.05) is 18.2 Å². The summed E-state index contributed by atoms with van der Waals surface area (Å²) in [6, 6.07) is 12.7. The monoisotopic (exact) mass is 353 g/mol. The first-order valence-corrected chi connectivity index (χ1v) is 10.00. The van der Waals surface area contributed by atoms with E-state index in [2.05, 4.69) is 16.0 Å². The van der Waals surface area contributed by atoms with Crippen LogP contribution in [0.3, 0.4) is 0 Å². The molecule has 5 nitrogen and oxygen atoms in total. The number of sulfone groups is 1. The second-order valence-electron chi connectivity index (χ2n) is 6.32. The average molecular weight is 353 g/mol. The van der Waals surface area contributed by atoms with Crippen molar-refractivity contribution in [1.29, 1.82) is 0 Å². The number of pyridine rings is 2. The van der Waals surface area contributed by atoms with Crippen molar-refractivity contribution in [1.82, 2.24) is 14.9 Å². The molecule has 0 fully saturated rings. The molecule has 0 atom stereocenters. The van der Waals surface area contributed by atoms with Gasteiger partial charge in [-0.3, -0.25) is 14.9 Å². The zero-order valence-corrected chi connectivity index (χ0v) is 14.6. The molecule has 0 bridgehead atoms. The van der Waals surface area contributed by atoms with Crippen molar-refractivity contribution in [3.05, 3.63) is 66.1 Å². The molecule has 4 rings (SSSR count). The normalized spacial score (nSPS) is 15.2. The molecule has 0 N–H and O–H groups in total. The lowest BCUT2D eigenvalue weighted by molar-refractivity contribution is 0.267. The zero-order chi connectivity index (χ0) is 17.3. The molecule has 3 aromatic rings. The van der Waals surface area contributed by atoms with Crippen LogP contribution in [-0.4, -0.2) is 42.1 Å². The van der Waals surface area contributed by atoms with Gasteiger partial charge in [0.2, 0.25) is 0 Å². The standard InChI is InChI=1S/C19H19N3O2S/c23-25(24,17-4-2-1-3-5-17)11-10-22-9-7-19-16(14-22)12-15-13-20-8-6-18(15)21-19/h1-6,8,12-13H,7,9-11,14H2. The molecule has 3 heterocycles. The Kier molecular flexibility index (Phi) is 4.23. The Hall–Kier alpha value is -2.31. The minimum absolute atomic E-state index is 0.134. The van der Waals surface area contributed by atoms with E-state index >= 15 is 0 Å². The summed E-state index contributed by atoms with van der Waals surface area (Å²) in [5.74, 6) is 0.134. The average Bonchev–Trinajstić information content (AvgIpc) is 2.65. The van der Waals surface area contributed by atoms with Crippen LogP contribution in [0.5, 0.6) is 0 Å². The predicted octanol–water partition coefficient (Wildman–Crippen LogP) is 2.46. The van der Waals surface area contributed by atoms with Crippen LogP contribution in [0.2, 0.25) is 0 Å². The maximum atomic E-state index is 12.4. The van der Waals surface area contributed by atoms with Gasteiger partial charge in [0.15, 0.2) is 9.84 Å². The maximum absolute atomic E-state index is 12.4. The van der Waals surface area contributed by atoms with Gasteiger partial charge in [-0.25, -0.2) is 8.42 Å². The van der Waals surface area contributed by atoms with E-state index in [1.54, 1.807) is 30.5 Å². The van der Waals surface area contributed by atoms with E-state index in [1.807, 2.05) is 18.3 Å². The van der Waals surface area contributed by atoms with Gasteiger partial charge in [0.05, 0.1) is 16.2 Å². The molecule has 0 amide bonds. The van der Waals surface area contributed by atoms with E-state index in [0.29, 0.717) is 11.4 Å². The molecule has 0 radical (unpaired) electrons. The SMILES string of the molecule is O=S(=O)(CCN1CCc2nc3ccncc3cc2C1)c1ccccc1. The third-order valence-corrected chi connectivity index (χ3v) is 6.33. The molecule has 0 saturated carbocycles. The molecule has 2 aromatic heterocycles. The Balaban J connectivity index is 1.48. The molecule has 1 aliphatic heterocycles. The topological polar surface area (TPSA) is 63.2 Å². The second-order valence-corrected chi connectivity index (χ2v) is 8.43. The summed E-state index contributed by atoms with van der Waals surface area (Å²) in [6.07, 6.45) is 4.42. The molecule has 0 spiro atoms. The molecule has 0 saturated heterocycles. The summed E-state index contributed by atoms with van der Waals surface area (Å²) in [5, 5.41) is 1.03. The smallest absolute Gasteiger partial charge is 0.179 e. The van der Waals surface area contributed by atoms with Gasteiger partial charge in [0.25, 0.3) is 0 Å². The summed E-state index contributed by atoms with van der Waals surface area (Å²) in [6.45, 7) is 2.10. The minimum Gasteiger partial charge on any atom is -0.298 e. The lowest BCUT2D eigenvalue weighted by atomic mass is 10.0. The van der Waals surface area contributed by atoms with Gasteiger partial charge in [-0.15, -0.1) is 0 Å². The molecule has 0 unspecified atom stereocenters. The van der Waals surface area contributed by atoms with Crippen LogP contribution in [0.15, 0.2) is 59.8 Å². The third-order valence-electron chi connectivity index (χ3n) is 4.62. The van der Waals surface area contributed by atoms with Crippen molar-refractivity contribution < 1.29 is 8.42 Å². The molecular formula is C19H19N3O2S. The molecule has 1 aliphatic rings. The van der Waals surface area contributed by atoms with Crippen molar-refractivity contribution in [3.63, 3.8) is 0 Å². The van der Waals surface area contributed by atoms with Crippen LogP contribution in [-0.2, 0) is 22.8 Å². The molecule has 128 valence electrons. The van der Waals surface area contributed by atoms with E-state index in [4.69, 9.17) is 4.98 Å². The maximum Gasteiger partial charge on any atom is 0.179 e. The number of benzene rings is 1. The lowest BCUT2D eigenvalue weighted by Crippen LogP contribution is -2.34. The predicted molar refractivity (Wildman–Crippen MR) is 97.0 cm³/mol.